The number of hydrogen-bond donors (Lipinski definition) is 1. The van der Waals surface area contributed by atoms with Gasteiger partial charge in [0, 0.05) is 12.6 Å². The highest BCUT2D eigenvalue weighted by Gasteiger charge is 2.32. The molecule has 0 aromatic heterocycles. The first-order valence-corrected chi connectivity index (χ1v) is 7.28. The molecule has 114 valence electrons. The van der Waals surface area contributed by atoms with Crippen LogP contribution in [0.4, 0.5) is 0 Å². The number of nitrogens with zero attached hydrogens (tertiary/aromatic N) is 1. The third-order valence-corrected chi connectivity index (χ3v) is 3.88. The van der Waals surface area contributed by atoms with Crippen molar-refractivity contribution in [2.45, 2.75) is 32.2 Å². The van der Waals surface area contributed by atoms with Crippen LogP contribution >= 0.6 is 0 Å². The molecule has 1 saturated heterocycles. The minimum atomic E-state index is -0.819. The van der Waals surface area contributed by atoms with E-state index in [1.54, 1.807) is 4.90 Å². The molecule has 0 aliphatic carbocycles. The molecule has 1 fully saturated rings. The van der Waals surface area contributed by atoms with E-state index in [9.17, 15) is 9.59 Å². The molecular formula is C16H21NO4. The van der Waals surface area contributed by atoms with Crippen molar-refractivity contribution in [2.75, 3.05) is 13.2 Å². The van der Waals surface area contributed by atoms with Crippen molar-refractivity contribution in [3.63, 3.8) is 0 Å². The summed E-state index contributed by atoms with van der Waals surface area (Å²) in [6, 6.07) is 9.44. The Kier molecular flexibility index (Phi) is 5.20. The topological polar surface area (TPSA) is 66.8 Å². The fraction of sp³-hybridized carbons (Fsp3) is 0.500. The van der Waals surface area contributed by atoms with Gasteiger partial charge in [0.2, 0.25) is 5.91 Å². The van der Waals surface area contributed by atoms with Gasteiger partial charge in [-0.05, 0) is 31.9 Å². The number of ether oxygens (including phenoxy) is 1. The second-order valence-electron chi connectivity index (χ2n) is 5.42. The van der Waals surface area contributed by atoms with Crippen molar-refractivity contribution in [3.05, 3.63) is 30.3 Å². The summed E-state index contributed by atoms with van der Waals surface area (Å²) in [6.07, 6.45) is 1.65. The average molecular weight is 291 g/mol. The van der Waals surface area contributed by atoms with Crippen molar-refractivity contribution in [2.24, 2.45) is 5.92 Å². The molecule has 1 aliphatic rings. The van der Waals surface area contributed by atoms with E-state index in [1.807, 2.05) is 37.3 Å². The summed E-state index contributed by atoms with van der Waals surface area (Å²) < 4.78 is 5.51. The first kappa shape index (κ1) is 15.4. The summed E-state index contributed by atoms with van der Waals surface area (Å²) in [7, 11) is 0. The Morgan fingerprint density at radius 2 is 2.00 bits per heavy atom. The Morgan fingerprint density at radius 1 is 1.29 bits per heavy atom. The number of benzene rings is 1. The van der Waals surface area contributed by atoms with Crippen LogP contribution in [0.3, 0.4) is 0 Å². The first-order valence-electron chi connectivity index (χ1n) is 7.28. The number of likely N-dealkylation sites (tertiary alicyclic amines) is 1. The van der Waals surface area contributed by atoms with Crippen molar-refractivity contribution in [1.29, 1.82) is 0 Å². The SMILES string of the molecule is CC1CCC(C(=O)O)CN1C(=O)CCOc1ccccc1. The van der Waals surface area contributed by atoms with Crippen LogP contribution in [0, 0.1) is 5.92 Å². The van der Waals surface area contributed by atoms with Crippen LogP contribution in [0.5, 0.6) is 5.75 Å². The monoisotopic (exact) mass is 291 g/mol. The Bertz CT molecular complexity index is 488. The van der Waals surface area contributed by atoms with Gasteiger partial charge >= 0.3 is 5.97 Å². The number of amides is 1. The van der Waals surface area contributed by atoms with Crippen LogP contribution in [0.15, 0.2) is 30.3 Å². The van der Waals surface area contributed by atoms with Crippen LogP contribution in [-0.2, 0) is 9.59 Å². The Morgan fingerprint density at radius 3 is 2.67 bits per heavy atom. The summed E-state index contributed by atoms with van der Waals surface area (Å²) in [4.78, 5) is 25.0. The molecule has 2 rings (SSSR count). The highest BCUT2D eigenvalue weighted by molar-refractivity contribution is 5.78. The molecule has 1 aromatic carbocycles. The predicted octanol–water partition coefficient (Wildman–Crippen LogP) is 2.17. The molecule has 1 heterocycles. The molecule has 0 spiro atoms. The normalized spacial score (nSPS) is 21.9. The lowest BCUT2D eigenvalue weighted by molar-refractivity contribution is -0.147. The second kappa shape index (κ2) is 7.11. The summed E-state index contributed by atoms with van der Waals surface area (Å²) >= 11 is 0. The lowest BCUT2D eigenvalue weighted by atomic mass is 9.93. The maximum absolute atomic E-state index is 12.2. The van der Waals surface area contributed by atoms with Crippen LogP contribution in [0.25, 0.3) is 0 Å². The van der Waals surface area contributed by atoms with Crippen LogP contribution in [-0.4, -0.2) is 41.1 Å². The standard InChI is InChI=1S/C16H21NO4/c1-12-7-8-13(16(19)20)11-17(12)15(18)9-10-21-14-5-3-2-4-6-14/h2-6,12-13H,7-11H2,1H3,(H,19,20). The van der Waals surface area contributed by atoms with Crippen molar-refractivity contribution in [1.82, 2.24) is 4.90 Å². The molecule has 0 saturated carbocycles. The largest absolute Gasteiger partial charge is 0.493 e. The van der Waals surface area contributed by atoms with E-state index in [1.165, 1.54) is 0 Å². The van der Waals surface area contributed by atoms with E-state index >= 15 is 0 Å². The Balaban J connectivity index is 1.82. The van der Waals surface area contributed by atoms with Gasteiger partial charge in [-0.15, -0.1) is 0 Å². The number of carboxylic acids is 1. The number of carbonyl (C=O) groups excluding carboxylic acids is 1. The highest BCUT2D eigenvalue weighted by Crippen LogP contribution is 2.22. The molecule has 5 heteroatoms. The molecule has 5 nitrogen and oxygen atoms in total. The van der Waals surface area contributed by atoms with E-state index in [4.69, 9.17) is 9.84 Å². The van der Waals surface area contributed by atoms with Crippen LogP contribution in [0.1, 0.15) is 26.2 Å². The Hall–Kier alpha value is -2.04. The maximum atomic E-state index is 12.2. The zero-order valence-electron chi connectivity index (χ0n) is 12.2. The van der Waals surface area contributed by atoms with Crippen LogP contribution in [0.2, 0.25) is 0 Å². The molecule has 1 N–H and O–H groups in total. The molecule has 21 heavy (non-hydrogen) atoms. The molecule has 2 unspecified atom stereocenters. The van der Waals surface area contributed by atoms with Crippen molar-refractivity contribution in [3.8, 4) is 5.75 Å². The van der Waals surface area contributed by atoms with Crippen LogP contribution < -0.4 is 4.74 Å². The molecular weight excluding hydrogens is 270 g/mol. The van der Waals surface area contributed by atoms with Gasteiger partial charge in [0.05, 0.1) is 18.9 Å². The van der Waals surface area contributed by atoms with Gasteiger partial charge in [0.1, 0.15) is 5.75 Å². The fourth-order valence-corrected chi connectivity index (χ4v) is 2.57. The zero-order chi connectivity index (χ0) is 15.2. The maximum Gasteiger partial charge on any atom is 0.308 e. The lowest BCUT2D eigenvalue weighted by Gasteiger charge is -2.36. The molecule has 1 amide bonds. The average Bonchev–Trinajstić information content (AvgIpc) is 2.48. The first-order chi connectivity index (χ1) is 10.1. The fourth-order valence-electron chi connectivity index (χ4n) is 2.57. The number of para-hydroxylation sites is 1. The summed E-state index contributed by atoms with van der Waals surface area (Å²) in [5.74, 6) is -0.565. The van der Waals surface area contributed by atoms with Crippen molar-refractivity contribution < 1.29 is 19.4 Å². The second-order valence-corrected chi connectivity index (χ2v) is 5.42. The molecule has 1 aromatic rings. The smallest absolute Gasteiger partial charge is 0.308 e. The number of piperidine rings is 1. The van der Waals surface area contributed by atoms with Gasteiger partial charge in [0.15, 0.2) is 0 Å². The number of carboxylic acid groups (broad SMARTS) is 1. The molecule has 1 aliphatic heterocycles. The predicted molar refractivity (Wildman–Crippen MR) is 78.1 cm³/mol. The van der Waals surface area contributed by atoms with Gasteiger partial charge in [-0.1, -0.05) is 18.2 Å². The number of carbonyl (C=O) groups is 2. The molecule has 2 atom stereocenters. The minimum absolute atomic E-state index is 0.0376. The quantitative estimate of drug-likeness (QED) is 0.903. The highest BCUT2D eigenvalue weighted by atomic mass is 16.5. The number of aliphatic carboxylic acids is 1. The molecule has 0 radical (unpaired) electrons. The molecule has 0 bridgehead atoms. The number of rotatable bonds is 5. The van der Waals surface area contributed by atoms with Gasteiger partial charge in [-0.3, -0.25) is 9.59 Å². The van der Waals surface area contributed by atoms with E-state index < -0.39 is 11.9 Å². The van der Waals surface area contributed by atoms with Gasteiger partial charge < -0.3 is 14.7 Å². The third-order valence-electron chi connectivity index (χ3n) is 3.88. The summed E-state index contributed by atoms with van der Waals surface area (Å²) in [6.45, 7) is 2.58. The van der Waals surface area contributed by atoms with E-state index in [-0.39, 0.29) is 18.4 Å². The number of hydrogen-bond acceptors (Lipinski definition) is 3. The lowest BCUT2D eigenvalue weighted by Crippen LogP contribution is -2.47. The van der Waals surface area contributed by atoms with E-state index in [0.717, 1.165) is 12.2 Å². The van der Waals surface area contributed by atoms with Gasteiger partial charge in [-0.2, -0.15) is 0 Å². The van der Waals surface area contributed by atoms with Gasteiger partial charge in [-0.25, -0.2) is 0 Å². The Labute approximate surface area is 124 Å². The van der Waals surface area contributed by atoms with Crippen molar-refractivity contribution >= 4 is 11.9 Å². The minimum Gasteiger partial charge on any atom is -0.493 e. The third kappa shape index (κ3) is 4.21. The van der Waals surface area contributed by atoms with Gasteiger partial charge in [0.25, 0.3) is 0 Å². The zero-order valence-corrected chi connectivity index (χ0v) is 12.2. The van der Waals surface area contributed by atoms with E-state index in [2.05, 4.69) is 0 Å². The van der Waals surface area contributed by atoms with E-state index in [0.29, 0.717) is 19.6 Å². The summed E-state index contributed by atoms with van der Waals surface area (Å²) in [5.41, 5.74) is 0. The summed E-state index contributed by atoms with van der Waals surface area (Å²) in [5, 5.41) is 9.09.